The summed E-state index contributed by atoms with van der Waals surface area (Å²) in [5.74, 6) is -5.55. The summed E-state index contributed by atoms with van der Waals surface area (Å²) >= 11 is 0. The summed E-state index contributed by atoms with van der Waals surface area (Å²) in [7, 11) is 0. The molecule has 0 aliphatic carbocycles. The maximum atomic E-state index is 13.3. The van der Waals surface area contributed by atoms with Crippen molar-refractivity contribution >= 4 is 11.0 Å². The third kappa shape index (κ3) is 1.26. The fourth-order valence-electron chi connectivity index (χ4n) is 1.34. The number of hydrogen-bond acceptors (Lipinski definition) is 3. The fraction of sp³-hybridized carbons (Fsp3) is 0.100. The van der Waals surface area contributed by atoms with E-state index < -0.39 is 39.8 Å². The van der Waals surface area contributed by atoms with Crippen LogP contribution in [0.3, 0.4) is 0 Å². The van der Waals surface area contributed by atoms with Crippen molar-refractivity contribution in [1.82, 2.24) is 0 Å². The van der Waals surface area contributed by atoms with E-state index in [1.165, 1.54) is 6.92 Å². The van der Waals surface area contributed by atoms with E-state index in [1.807, 2.05) is 0 Å². The molecule has 3 nitrogen and oxygen atoms in total. The van der Waals surface area contributed by atoms with Gasteiger partial charge in [0.05, 0.1) is 10.9 Å². The fourth-order valence-corrected chi connectivity index (χ4v) is 1.34. The van der Waals surface area contributed by atoms with Gasteiger partial charge in [0, 0.05) is 6.07 Å². The highest BCUT2D eigenvalue weighted by Crippen LogP contribution is 2.30. The molecule has 2 rings (SSSR count). The zero-order valence-electron chi connectivity index (χ0n) is 7.97. The van der Waals surface area contributed by atoms with Gasteiger partial charge in [-0.3, -0.25) is 0 Å². The topological polar surface area (TPSA) is 50.4 Å². The van der Waals surface area contributed by atoms with Crippen LogP contribution < -0.4 is 5.63 Å². The highest BCUT2D eigenvalue weighted by molar-refractivity contribution is 5.84. The zero-order valence-corrected chi connectivity index (χ0v) is 7.97. The number of rotatable bonds is 0. The van der Waals surface area contributed by atoms with Crippen LogP contribution in [0.15, 0.2) is 15.3 Å². The van der Waals surface area contributed by atoms with Crippen LogP contribution in [0.4, 0.5) is 13.2 Å². The van der Waals surface area contributed by atoms with Gasteiger partial charge in [0.15, 0.2) is 17.5 Å². The molecule has 0 saturated carbocycles. The van der Waals surface area contributed by atoms with Gasteiger partial charge >= 0.3 is 5.63 Å². The molecule has 0 unspecified atom stereocenters. The van der Waals surface area contributed by atoms with Gasteiger partial charge in [-0.05, 0) is 6.92 Å². The molecule has 1 aromatic carbocycles. The molecule has 16 heavy (non-hydrogen) atoms. The van der Waals surface area contributed by atoms with Crippen molar-refractivity contribution in [2.45, 2.75) is 6.92 Å². The Balaban J connectivity index is 3.09. The summed E-state index contributed by atoms with van der Waals surface area (Å²) in [6.07, 6.45) is 0. The number of benzene rings is 1. The van der Waals surface area contributed by atoms with Gasteiger partial charge in [0.2, 0.25) is 0 Å². The molecule has 0 fully saturated rings. The lowest BCUT2D eigenvalue weighted by atomic mass is 10.1. The predicted molar refractivity (Wildman–Crippen MR) is 48.8 cm³/mol. The summed E-state index contributed by atoms with van der Waals surface area (Å²) < 4.78 is 43.5. The highest BCUT2D eigenvalue weighted by Gasteiger charge is 2.20. The Morgan fingerprint density at radius 3 is 2.50 bits per heavy atom. The monoisotopic (exact) mass is 230 g/mol. The second-order valence-electron chi connectivity index (χ2n) is 3.22. The Kier molecular flexibility index (Phi) is 2.15. The Bertz CT molecular complexity index is 646. The summed E-state index contributed by atoms with van der Waals surface area (Å²) in [5.41, 5.74) is -1.74. The lowest BCUT2D eigenvalue weighted by molar-refractivity contribution is 0.432. The summed E-state index contributed by atoms with van der Waals surface area (Å²) in [5, 5.41) is 8.80. The van der Waals surface area contributed by atoms with Crippen molar-refractivity contribution in [2.24, 2.45) is 0 Å². The largest absolute Gasteiger partial charge is 0.507 e. The van der Waals surface area contributed by atoms with Gasteiger partial charge < -0.3 is 9.52 Å². The van der Waals surface area contributed by atoms with Crippen LogP contribution in [0, 0.1) is 24.4 Å². The van der Waals surface area contributed by atoms with Crippen molar-refractivity contribution in [1.29, 1.82) is 0 Å². The van der Waals surface area contributed by atoms with Gasteiger partial charge in [0.1, 0.15) is 11.3 Å². The lowest BCUT2D eigenvalue weighted by Crippen LogP contribution is -2.05. The van der Waals surface area contributed by atoms with E-state index in [9.17, 15) is 23.1 Å². The first kappa shape index (κ1) is 10.5. The van der Waals surface area contributed by atoms with Crippen molar-refractivity contribution in [2.75, 3.05) is 0 Å². The van der Waals surface area contributed by atoms with Crippen LogP contribution in [0.2, 0.25) is 0 Å². The molecule has 2 aromatic rings. The van der Waals surface area contributed by atoms with E-state index in [1.54, 1.807) is 0 Å². The van der Waals surface area contributed by atoms with Gasteiger partial charge in [-0.1, -0.05) is 0 Å². The Morgan fingerprint density at radius 2 is 1.88 bits per heavy atom. The van der Waals surface area contributed by atoms with E-state index in [2.05, 4.69) is 4.42 Å². The number of hydrogen-bond donors (Lipinski definition) is 1. The Labute approximate surface area is 86.7 Å². The minimum absolute atomic E-state index is 0.266. The standard InChI is InChI=1S/C10H5F3O3/c1-3-9(14)6-5(16-10(3)15)2-4(11)7(12)8(6)13/h2,14H,1H3. The lowest BCUT2D eigenvalue weighted by Gasteiger charge is -2.04. The first-order chi connectivity index (χ1) is 7.43. The summed E-state index contributed by atoms with van der Waals surface area (Å²) in [6.45, 7) is 1.18. The quantitative estimate of drug-likeness (QED) is 0.557. The third-order valence-corrected chi connectivity index (χ3v) is 2.23. The molecular formula is C10H5F3O3. The molecule has 0 atom stereocenters. The smallest absolute Gasteiger partial charge is 0.342 e. The van der Waals surface area contributed by atoms with Crippen LogP contribution in [0.5, 0.6) is 5.75 Å². The predicted octanol–water partition coefficient (Wildman–Crippen LogP) is 2.22. The van der Waals surface area contributed by atoms with Crippen molar-refractivity contribution < 1.29 is 22.7 Å². The zero-order chi connectivity index (χ0) is 12.0. The van der Waals surface area contributed by atoms with Crippen LogP contribution in [0.25, 0.3) is 11.0 Å². The number of fused-ring (bicyclic) bond motifs is 1. The molecule has 1 N–H and O–H groups in total. The van der Waals surface area contributed by atoms with E-state index in [0.717, 1.165) is 0 Å². The van der Waals surface area contributed by atoms with Crippen LogP contribution in [-0.4, -0.2) is 5.11 Å². The normalized spacial score (nSPS) is 11.0. The van der Waals surface area contributed by atoms with Gasteiger partial charge in [-0.25, -0.2) is 18.0 Å². The van der Waals surface area contributed by atoms with E-state index in [-0.39, 0.29) is 5.56 Å². The second-order valence-corrected chi connectivity index (χ2v) is 3.22. The molecule has 1 aromatic heterocycles. The van der Waals surface area contributed by atoms with Crippen LogP contribution in [-0.2, 0) is 0 Å². The minimum atomic E-state index is -1.73. The van der Waals surface area contributed by atoms with Crippen LogP contribution >= 0.6 is 0 Å². The summed E-state index contributed by atoms with van der Waals surface area (Å²) in [6, 6.07) is 0.508. The maximum Gasteiger partial charge on any atom is 0.342 e. The molecule has 0 aliphatic rings. The van der Waals surface area contributed by atoms with E-state index >= 15 is 0 Å². The first-order valence-corrected chi connectivity index (χ1v) is 4.23. The molecule has 0 saturated heterocycles. The van der Waals surface area contributed by atoms with E-state index in [0.29, 0.717) is 6.07 Å². The van der Waals surface area contributed by atoms with Crippen molar-refractivity contribution in [3.05, 3.63) is 39.5 Å². The van der Waals surface area contributed by atoms with Gasteiger partial charge in [-0.2, -0.15) is 0 Å². The molecule has 84 valence electrons. The second kappa shape index (κ2) is 3.26. The average Bonchev–Trinajstić information content (AvgIpc) is 2.23. The Morgan fingerprint density at radius 1 is 1.25 bits per heavy atom. The number of halogens is 3. The Hall–Kier alpha value is -1.98. The maximum absolute atomic E-state index is 13.3. The van der Waals surface area contributed by atoms with Gasteiger partial charge in [0.25, 0.3) is 0 Å². The first-order valence-electron chi connectivity index (χ1n) is 4.23. The average molecular weight is 230 g/mol. The molecule has 1 heterocycles. The molecular weight excluding hydrogens is 225 g/mol. The third-order valence-electron chi connectivity index (χ3n) is 2.23. The molecule has 0 bridgehead atoms. The van der Waals surface area contributed by atoms with Crippen molar-refractivity contribution in [3.8, 4) is 5.75 Å². The van der Waals surface area contributed by atoms with E-state index in [4.69, 9.17) is 0 Å². The summed E-state index contributed by atoms with van der Waals surface area (Å²) in [4.78, 5) is 11.1. The van der Waals surface area contributed by atoms with Crippen molar-refractivity contribution in [3.63, 3.8) is 0 Å². The van der Waals surface area contributed by atoms with Crippen LogP contribution in [0.1, 0.15) is 5.56 Å². The molecule has 0 radical (unpaired) electrons. The highest BCUT2D eigenvalue weighted by atomic mass is 19.2. The SMILES string of the molecule is Cc1c(O)c2c(F)c(F)c(F)cc2oc1=O. The molecule has 0 aliphatic heterocycles. The molecule has 0 spiro atoms. The van der Waals surface area contributed by atoms with Gasteiger partial charge in [-0.15, -0.1) is 0 Å². The molecule has 0 amide bonds. The number of aromatic hydroxyl groups is 1. The minimum Gasteiger partial charge on any atom is -0.507 e. The molecule has 6 heteroatoms.